The number of allylic oxidation sites excluding steroid dienone is 2. The fourth-order valence-corrected chi connectivity index (χ4v) is 3.07. The minimum atomic E-state index is -4.79. The van der Waals surface area contributed by atoms with Gasteiger partial charge in [0.2, 0.25) is 5.88 Å². The fourth-order valence-electron chi connectivity index (χ4n) is 2.89. The molecule has 1 aromatic heterocycles. The topological polar surface area (TPSA) is 86.8 Å². The lowest BCUT2D eigenvalue weighted by Crippen LogP contribution is -2.21. The Morgan fingerprint density at radius 1 is 0.974 bits per heavy atom. The Morgan fingerprint density at radius 3 is 2.26 bits per heavy atom. The number of aromatic nitrogens is 1. The highest BCUT2D eigenvalue weighted by molar-refractivity contribution is 6.33. The van der Waals surface area contributed by atoms with Crippen LogP contribution in [-0.4, -0.2) is 36.1 Å². The molecule has 0 fully saturated rings. The number of nitrogens with zero attached hydrogens (tertiary/aromatic N) is 2. The number of carbonyl (C=O) groups is 1. The number of esters is 1. The second kappa shape index (κ2) is 12.0. The van der Waals surface area contributed by atoms with Crippen LogP contribution in [0.25, 0.3) is 0 Å². The zero-order chi connectivity index (χ0) is 27.9. The van der Waals surface area contributed by atoms with Crippen LogP contribution >= 0.6 is 11.6 Å². The van der Waals surface area contributed by atoms with Crippen LogP contribution in [0, 0.1) is 0 Å². The van der Waals surface area contributed by atoms with E-state index in [2.05, 4.69) is 9.98 Å². The quantitative estimate of drug-likeness (QED) is 0.148. The summed E-state index contributed by atoms with van der Waals surface area (Å²) < 4.78 is 87.5. The normalized spacial score (nSPS) is 12.8. The Hall–Kier alpha value is -4.06. The molecule has 1 heterocycles. The highest BCUT2D eigenvalue weighted by Crippen LogP contribution is 2.30. The minimum Gasteiger partial charge on any atom is -0.474 e. The van der Waals surface area contributed by atoms with Gasteiger partial charge in [0.05, 0.1) is 27.5 Å². The number of hydrogen-bond acceptors (Lipinski definition) is 6. The van der Waals surface area contributed by atoms with Crippen LogP contribution < -0.4 is 10.5 Å². The molecule has 0 atom stereocenters. The Labute approximate surface area is 217 Å². The van der Waals surface area contributed by atoms with Crippen LogP contribution in [0.3, 0.4) is 0 Å². The molecule has 0 bridgehead atoms. The van der Waals surface area contributed by atoms with Gasteiger partial charge in [-0.2, -0.15) is 26.3 Å². The Morgan fingerprint density at radius 2 is 1.63 bits per heavy atom. The molecule has 2 aromatic carbocycles. The molecular formula is C25H18ClF6N3O3. The molecule has 3 rings (SSSR count). The number of pyridine rings is 1. The molecule has 0 spiro atoms. The first kappa shape index (κ1) is 28.5. The predicted octanol–water partition coefficient (Wildman–Crippen LogP) is 6.52. The van der Waals surface area contributed by atoms with E-state index in [0.29, 0.717) is 12.1 Å². The summed E-state index contributed by atoms with van der Waals surface area (Å²) in [6.45, 7) is -0.573. The highest BCUT2D eigenvalue weighted by Gasteiger charge is 2.32. The summed E-state index contributed by atoms with van der Waals surface area (Å²) in [4.78, 5) is 20.1. The van der Waals surface area contributed by atoms with Crippen molar-refractivity contribution in [2.75, 3.05) is 13.2 Å². The standard InChI is InChI=1S/C25H18ClF6N3O3/c26-18-3-1-2-4-19(18)35-20(14-21(33)25(30,31)32)15-5-7-16(8-6-15)23(36)38-12-11-37-22-13-17(9-10-34-22)24(27,28)29/h1-10,13-14H,11-12,33H2/b21-14-,35-20?. The SMILES string of the molecule is N/C(=C\C(=Nc1ccccc1Cl)c1ccc(C(=O)OCCOc2cc(C(F)(F)F)ccn2)cc1)C(F)(F)F. The van der Waals surface area contributed by atoms with Crippen LogP contribution in [-0.2, 0) is 10.9 Å². The summed E-state index contributed by atoms with van der Waals surface area (Å²) in [5.74, 6) is -1.09. The van der Waals surface area contributed by atoms with Crippen molar-refractivity contribution in [1.29, 1.82) is 0 Å². The van der Waals surface area contributed by atoms with Gasteiger partial charge in [-0.3, -0.25) is 0 Å². The zero-order valence-corrected chi connectivity index (χ0v) is 19.9. The molecule has 0 saturated heterocycles. The minimum absolute atomic E-state index is 0.0517. The van der Waals surface area contributed by atoms with Crippen molar-refractivity contribution >= 4 is 29.0 Å². The monoisotopic (exact) mass is 557 g/mol. The number of nitrogens with two attached hydrogens (primary N) is 1. The molecule has 3 aromatic rings. The maximum Gasteiger partial charge on any atom is 0.430 e. The van der Waals surface area contributed by atoms with Crippen LogP contribution in [0.15, 0.2) is 83.6 Å². The number of aliphatic imine (C=N–C) groups is 1. The average molecular weight is 558 g/mol. The van der Waals surface area contributed by atoms with Crippen molar-refractivity contribution < 1.29 is 40.6 Å². The molecule has 0 amide bonds. The van der Waals surface area contributed by atoms with E-state index in [1.54, 1.807) is 12.1 Å². The summed E-state index contributed by atoms with van der Waals surface area (Å²) in [7, 11) is 0. The molecule has 200 valence electrons. The number of rotatable bonds is 8. The molecule has 0 aliphatic carbocycles. The van der Waals surface area contributed by atoms with Gasteiger partial charge >= 0.3 is 18.3 Å². The number of alkyl halides is 6. The van der Waals surface area contributed by atoms with E-state index in [4.69, 9.17) is 26.8 Å². The Bertz CT molecular complexity index is 1340. The van der Waals surface area contributed by atoms with E-state index in [-0.39, 0.29) is 46.6 Å². The molecule has 6 nitrogen and oxygen atoms in total. The van der Waals surface area contributed by atoms with E-state index < -0.39 is 29.6 Å². The molecule has 0 radical (unpaired) electrons. The molecular weight excluding hydrogens is 540 g/mol. The number of benzene rings is 2. The van der Waals surface area contributed by atoms with Crippen LogP contribution in [0.5, 0.6) is 5.88 Å². The lowest BCUT2D eigenvalue weighted by Gasteiger charge is -2.10. The van der Waals surface area contributed by atoms with Gasteiger partial charge in [0.1, 0.15) is 18.9 Å². The Balaban J connectivity index is 1.69. The van der Waals surface area contributed by atoms with Crippen molar-refractivity contribution in [1.82, 2.24) is 4.98 Å². The van der Waals surface area contributed by atoms with Gasteiger partial charge in [0.15, 0.2) is 0 Å². The third kappa shape index (κ3) is 7.97. The van der Waals surface area contributed by atoms with E-state index >= 15 is 0 Å². The Kier molecular flexibility index (Phi) is 9.00. The van der Waals surface area contributed by atoms with Gasteiger partial charge < -0.3 is 15.2 Å². The largest absolute Gasteiger partial charge is 0.474 e. The van der Waals surface area contributed by atoms with E-state index in [1.165, 1.54) is 36.4 Å². The molecule has 2 N–H and O–H groups in total. The molecule has 0 aliphatic rings. The van der Waals surface area contributed by atoms with Crippen molar-refractivity contribution in [2.45, 2.75) is 12.4 Å². The van der Waals surface area contributed by atoms with Crippen molar-refractivity contribution in [3.05, 3.63) is 100 Å². The van der Waals surface area contributed by atoms with E-state index in [0.717, 1.165) is 12.3 Å². The van der Waals surface area contributed by atoms with Crippen LogP contribution in [0.4, 0.5) is 32.0 Å². The molecule has 0 saturated carbocycles. The summed E-state index contributed by atoms with van der Waals surface area (Å²) >= 11 is 6.07. The lowest BCUT2D eigenvalue weighted by atomic mass is 10.1. The molecule has 0 unspecified atom stereocenters. The first-order valence-electron chi connectivity index (χ1n) is 10.7. The second-order valence-corrected chi connectivity index (χ2v) is 7.90. The molecule has 0 aliphatic heterocycles. The van der Waals surface area contributed by atoms with Gasteiger partial charge in [-0.15, -0.1) is 0 Å². The van der Waals surface area contributed by atoms with Crippen molar-refractivity contribution in [2.24, 2.45) is 10.7 Å². The van der Waals surface area contributed by atoms with Gasteiger partial charge in [-0.25, -0.2) is 14.8 Å². The summed E-state index contributed by atoms with van der Waals surface area (Å²) in [5.41, 5.74) is 3.15. The predicted molar refractivity (Wildman–Crippen MR) is 127 cm³/mol. The van der Waals surface area contributed by atoms with Gasteiger partial charge in [-0.1, -0.05) is 35.9 Å². The molecule has 13 heteroatoms. The number of ether oxygens (including phenoxy) is 2. The van der Waals surface area contributed by atoms with Gasteiger partial charge in [0.25, 0.3) is 0 Å². The third-order valence-corrected chi connectivity index (χ3v) is 5.08. The summed E-state index contributed by atoms with van der Waals surface area (Å²) in [6.07, 6.45) is -7.77. The summed E-state index contributed by atoms with van der Waals surface area (Å²) in [5, 5.41) is 0.201. The van der Waals surface area contributed by atoms with Crippen LogP contribution in [0.1, 0.15) is 21.5 Å². The van der Waals surface area contributed by atoms with E-state index in [9.17, 15) is 31.1 Å². The number of carbonyl (C=O) groups excluding carboxylic acids is 1. The van der Waals surface area contributed by atoms with Crippen molar-refractivity contribution in [3.63, 3.8) is 0 Å². The summed E-state index contributed by atoms with van der Waals surface area (Å²) in [6, 6.07) is 13.0. The van der Waals surface area contributed by atoms with Crippen molar-refractivity contribution in [3.8, 4) is 5.88 Å². The molecule has 38 heavy (non-hydrogen) atoms. The average Bonchev–Trinajstić information content (AvgIpc) is 2.86. The van der Waals surface area contributed by atoms with E-state index in [1.807, 2.05) is 0 Å². The maximum absolute atomic E-state index is 13.0. The number of hydrogen-bond donors (Lipinski definition) is 1. The number of para-hydroxylation sites is 1. The van der Waals surface area contributed by atoms with Gasteiger partial charge in [0, 0.05) is 17.8 Å². The second-order valence-electron chi connectivity index (χ2n) is 7.49. The third-order valence-electron chi connectivity index (χ3n) is 4.76. The first-order chi connectivity index (χ1) is 17.8. The van der Waals surface area contributed by atoms with Gasteiger partial charge in [-0.05, 0) is 36.4 Å². The van der Waals surface area contributed by atoms with Crippen LogP contribution in [0.2, 0.25) is 5.02 Å². The zero-order valence-electron chi connectivity index (χ0n) is 19.2. The number of halogens is 7. The lowest BCUT2D eigenvalue weighted by molar-refractivity contribution is -0.137. The first-order valence-corrected chi connectivity index (χ1v) is 11.0. The smallest absolute Gasteiger partial charge is 0.430 e. The highest BCUT2D eigenvalue weighted by atomic mass is 35.5. The fraction of sp³-hybridized carbons (Fsp3) is 0.160. The maximum atomic E-state index is 13.0.